The van der Waals surface area contributed by atoms with Gasteiger partial charge >= 0.3 is 17.9 Å². The Labute approximate surface area is 402 Å². The van der Waals surface area contributed by atoms with E-state index in [1.165, 1.54) is 128 Å². The van der Waals surface area contributed by atoms with Crippen molar-refractivity contribution in [2.24, 2.45) is 0 Å². The lowest BCUT2D eigenvalue weighted by Crippen LogP contribution is -2.30. The van der Waals surface area contributed by atoms with Crippen molar-refractivity contribution in [1.29, 1.82) is 0 Å². The van der Waals surface area contributed by atoms with Gasteiger partial charge < -0.3 is 14.2 Å². The van der Waals surface area contributed by atoms with E-state index in [1.54, 1.807) is 0 Å². The van der Waals surface area contributed by atoms with E-state index in [0.717, 1.165) is 89.9 Å². The molecule has 0 N–H and O–H groups in total. The lowest BCUT2D eigenvalue weighted by Gasteiger charge is -2.18. The molecule has 0 rings (SSSR count). The van der Waals surface area contributed by atoms with Crippen LogP contribution in [0, 0.1) is 0 Å². The van der Waals surface area contributed by atoms with Gasteiger partial charge in [-0.05, 0) is 89.9 Å². The molecule has 0 unspecified atom stereocenters. The Balaban J connectivity index is 4.48. The highest BCUT2D eigenvalue weighted by atomic mass is 16.6. The maximum absolute atomic E-state index is 12.8. The summed E-state index contributed by atoms with van der Waals surface area (Å²) in [6.07, 6.45) is 67.4. The molecular formula is C59H102O6. The fourth-order valence-corrected chi connectivity index (χ4v) is 7.52. The van der Waals surface area contributed by atoms with E-state index in [4.69, 9.17) is 14.2 Å². The fraction of sp³-hybridized carbons (Fsp3) is 0.746. The second-order valence-corrected chi connectivity index (χ2v) is 18.1. The van der Waals surface area contributed by atoms with Crippen LogP contribution < -0.4 is 0 Å². The Hall–Kier alpha value is -3.15. The molecule has 1 atom stereocenters. The summed E-state index contributed by atoms with van der Waals surface area (Å²) < 4.78 is 16.8. The van der Waals surface area contributed by atoms with Gasteiger partial charge in [-0.15, -0.1) is 0 Å². The summed E-state index contributed by atoms with van der Waals surface area (Å²) >= 11 is 0. The first-order chi connectivity index (χ1) is 32.0. The van der Waals surface area contributed by atoms with Gasteiger partial charge in [0.05, 0.1) is 0 Å². The highest BCUT2D eigenvalue weighted by Crippen LogP contribution is 2.15. The molecule has 0 radical (unpaired) electrons. The molecule has 0 amide bonds. The molecule has 0 aliphatic rings. The molecule has 0 saturated heterocycles. The largest absolute Gasteiger partial charge is 0.462 e. The first kappa shape index (κ1) is 61.9. The van der Waals surface area contributed by atoms with Crippen LogP contribution in [0.15, 0.2) is 72.9 Å². The van der Waals surface area contributed by atoms with Crippen LogP contribution >= 0.6 is 0 Å². The Morgan fingerprint density at radius 1 is 0.308 bits per heavy atom. The topological polar surface area (TPSA) is 78.9 Å². The average molecular weight is 907 g/mol. The van der Waals surface area contributed by atoms with Crippen molar-refractivity contribution in [3.63, 3.8) is 0 Å². The first-order valence-electron chi connectivity index (χ1n) is 27.4. The van der Waals surface area contributed by atoms with E-state index in [9.17, 15) is 14.4 Å². The number of ether oxygens (including phenoxy) is 3. The van der Waals surface area contributed by atoms with Gasteiger partial charge in [-0.25, -0.2) is 0 Å². The molecule has 6 heteroatoms. The van der Waals surface area contributed by atoms with E-state index < -0.39 is 6.10 Å². The first-order valence-corrected chi connectivity index (χ1v) is 27.4. The van der Waals surface area contributed by atoms with Crippen LogP contribution in [-0.4, -0.2) is 37.2 Å². The summed E-state index contributed by atoms with van der Waals surface area (Å²) in [5.74, 6) is -0.963. The maximum atomic E-state index is 12.8. The van der Waals surface area contributed by atoms with Gasteiger partial charge in [-0.1, -0.05) is 229 Å². The zero-order valence-electron chi connectivity index (χ0n) is 42.7. The second kappa shape index (κ2) is 53.5. The predicted molar refractivity (Wildman–Crippen MR) is 279 cm³/mol. The number of unbranched alkanes of at least 4 members (excludes halogenated alkanes) is 26. The van der Waals surface area contributed by atoms with Crippen LogP contribution in [0.3, 0.4) is 0 Å². The molecule has 0 heterocycles. The third kappa shape index (κ3) is 51.7. The molecular weight excluding hydrogens is 805 g/mol. The third-order valence-corrected chi connectivity index (χ3v) is 11.7. The summed E-state index contributed by atoms with van der Waals surface area (Å²) in [5, 5.41) is 0. The number of hydrogen-bond donors (Lipinski definition) is 0. The fourth-order valence-electron chi connectivity index (χ4n) is 7.52. The van der Waals surface area contributed by atoms with Gasteiger partial charge in [0.2, 0.25) is 0 Å². The van der Waals surface area contributed by atoms with Crippen molar-refractivity contribution >= 4 is 17.9 Å². The molecule has 0 aromatic rings. The zero-order chi connectivity index (χ0) is 47.2. The van der Waals surface area contributed by atoms with Gasteiger partial charge in [0.15, 0.2) is 6.10 Å². The maximum Gasteiger partial charge on any atom is 0.306 e. The minimum Gasteiger partial charge on any atom is -0.462 e. The summed E-state index contributed by atoms with van der Waals surface area (Å²) in [4.78, 5) is 38.0. The molecule has 0 aromatic heterocycles. The van der Waals surface area contributed by atoms with Crippen molar-refractivity contribution in [3.8, 4) is 0 Å². The van der Waals surface area contributed by atoms with Crippen LogP contribution in [0.2, 0.25) is 0 Å². The molecule has 374 valence electrons. The molecule has 0 saturated carbocycles. The molecule has 0 aliphatic heterocycles. The van der Waals surface area contributed by atoms with E-state index >= 15 is 0 Å². The molecule has 0 fully saturated rings. The smallest absolute Gasteiger partial charge is 0.306 e. The van der Waals surface area contributed by atoms with Gasteiger partial charge in [-0.3, -0.25) is 14.4 Å². The van der Waals surface area contributed by atoms with Crippen LogP contribution in [0.4, 0.5) is 0 Å². The lowest BCUT2D eigenvalue weighted by molar-refractivity contribution is -0.167. The van der Waals surface area contributed by atoms with Crippen molar-refractivity contribution in [2.45, 2.75) is 271 Å². The molecule has 65 heavy (non-hydrogen) atoms. The van der Waals surface area contributed by atoms with Crippen LogP contribution in [0.1, 0.15) is 265 Å². The number of hydrogen-bond acceptors (Lipinski definition) is 6. The average Bonchev–Trinajstić information content (AvgIpc) is 3.30. The normalized spacial score (nSPS) is 12.6. The summed E-state index contributed by atoms with van der Waals surface area (Å²) in [6.45, 7) is 6.54. The molecule has 0 aromatic carbocycles. The molecule has 0 bridgehead atoms. The van der Waals surface area contributed by atoms with Gasteiger partial charge in [-0.2, -0.15) is 0 Å². The predicted octanol–water partition coefficient (Wildman–Crippen LogP) is 18.2. The quantitative estimate of drug-likeness (QED) is 0.0262. The van der Waals surface area contributed by atoms with Crippen molar-refractivity contribution in [1.82, 2.24) is 0 Å². The second-order valence-electron chi connectivity index (χ2n) is 18.1. The van der Waals surface area contributed by atoms with Crippen LogP contribution in [-0.2, 0) is 28.6 Å². The number of rotatable bonds is 49. The minimum absolute atomic E-state index is 0.0963. The van der Waals surface area contributed by atoms with E-state index in [-0.39, 0.29) is 37.5 Å². The number of esters is 3. The zero-order valence-corrected chi connectivity index (χ0v) is 42.7. The summed E-state index contributed by atoms with van der Waals surface area (Å²) in [5.41, 5.74) is 0. The van der Waals surface area contributed by atoms with Gasteiger partial charge in [0.25, 0.3) is 0 Å². The van der Waals surface area contributed by atoms with Gasteiger partial charge in [0, 0.05) is 19.3 Å². The van der Waals surface area contributed by atoms with Gasteiger partial charge in [0.1, 0.15) is 13.2 Å². The number of carbonyl (C=O) groups excluding carboxylic acids is 3. The Morgan fingerprint density at radius 3 is 0.954 bits per heavy atom. The third-order valence-electron chi connectivity index (χ3n) is 11.7. The summed E-state index contributed by atoms with van der Waals surface area (Å²) in [6, 6.07) is 0. The Bertz CT molecular complexity index is 1230. The molecule has 6 nitrogen and oxygen atoms in total. The van der Waals surface area contributed by atoms with Crippen molar-refractivity contribution in [3.05, 3.63) is 72.9 Å². The number of allylic oxidation sites excluding steroid dienone is 12. The molecule has 0 aliphatic carbocycles. The minimum atomic E-state index is -0.803. The van der Waals surface area contributed by atoms with Crippen molar-refractivity contribution < 1.29 is 28.6 Å². The van der Waals surface area contributed by atoms with E-state index in [2.05, 4.69) is 93.7 Å². The van der Waals surface area contributed by atoms with E-state index in [0.29, 0.717) is 19.3 Å². The standard InChI is InChI=1S/C59H102O6/c1-4-7-10-13-16-19-22-25-28-29-32-34-37-40-43-46-49-52-58(61)64-55-56(65-59(62)53-50-47-44-41-38-35-31-27-24-21-18-15-12-9-6-3)54-63-57(60)51-48-45-42-39-36-33-30-26-23-20-17-14-11-8-5-2/h16,18-19,21,25,27-28,31-32,34,40,43,56H,4-15,17,20,22-24,26,29-30,33,35-39,41-42,44-55H2,1-3H3/b19-16-,21-18-,28-25-,31-27-,34-32-,43-40-/t56-/m0/s1. The van der Waals surface area contributed by atoms with Crippen LogP contribution in [0.5, 0.6) is 0 Å². The van der Waals surface area contributed by atoms with Crippen LogP contribution in [0.25, 0.3) is 0 Å². The molecule has 0 spiro atoms. The highest BCUT2D eigenvalue weighted by Gasteiger charge is 2.19. The Morgan fingerprint density at radius 2 is 0.569 bits per heavy atom. The number of carbonyl (C=O) groups is 3. The SMILES string of the molecule is CCCCC/C=C\C/C=C\C/C=C\C/C=C\CCCC(=O)OC[C@H](COC(=O)CCCCCCCCCCCCCCCCC)OC(=O)CCCCCCC/C=C\C/C=C\CCCCC. The van der Waals surface area contributed by atoms with E-state index in [1.807, 2.05) is 0 Å². The van der Waals surface area contributed by atoms with Crippen molar-refractivity contribution in [2.75, 3.05) is 13.2 Å². The highest BCUT2D eigenvalue weighted by molar-refractivity contribution is 5.71. The Kier molecular flexibility index (Phi) is 50.9. The summed E-state index contributed by atoms with van der Waals surface area (Å²) in [7, 11) is 0. The monoisotopic (exact) mass is 907 g/mol. The lowest BCUT2D eigenvalue weighted by atomic mass is 10.0.